The minimum absolute atomic E-state index is 0.204. The molecule has 1 spiro atoms. The van der Waals surface area contributed by atoms with Crippen LogP contribution in [-0.2, 0) is 30.5 Å². The molecule has 1 aromatic carbocycles. The highest BCUT2D eigenvalue weighted by Crippen LogP contribution is 2.40. The summed E-state index contributed by atoms with van der Waals surface area (Å²) in [5.74, 6) is -3.29. The van der Waals surface area contributed by atoms with Gasteiger partial charge in [-0.3, -0.25) is 24.0 Å². The van der Waals surface area contributed by atoms with E-state index in [1.165, 1.54) is 18.7 Å². The van der Waals surface area contributed by atoms with Crippen LogP contribution in [-0.4, -0.2) is 80.1 Å². The van der Waals surface area contributed by atoms with Gasteiger partial charge in [0.1, 0.15) is 17.3 Å². The van der Waals surface area contributed by atoms with E-state index < -0.39 is 29.4 Å². The zero-order chi connectivity index (χ0) is 27.6. The lowest BCUT2D eigenvalue weighted by Crippen LogP contribution is -2.73. The van der Waals surface area contributed by atoms with Gasteiger partial charge >= 0.3 is 5.97 Å². The Bertz CT molecular complexity index is 1260. The van der Waals surface area contributed by atoms with Crippen LogP contribution in [0, 0.1) is 12.8 Å². The van der Waals surface area contributed by atoms with Crippen molar-refractivity contribution in [2.45, 2.75) is 58.2 Å². The number of aromatic nitrogens is 2. The lowest BCUT2D eigenvalue weighted by molar-refractivity contribution is -0.161. The van der Waals surface area contributed by atoms with Crippen molar-refractivity contribution in [3.05, 3.63) is 53.6 Å². The maximum atomic E-state index is 13.5. The number of primary amides is 1. The number of ether oxygens (including phenoxy) is 1. The number of esters is 1. The topological polar surface area (TPSA) is 145 Å². The second-order valence-electron chi connectivity index (χ2n) is 10.1. The van der Waals surface area contributed by atoms with Crippen molar-refractivity contribution in [1.29, 1.82) is 0 Å². The third kappa shape index (κ3) is 5.18. The number of benzene rings is 1. The Kier molecular flexibility index (Phi) is 7.66. The Labute approximate surface area is 220 Å². The molecule has 2 aliphatic rings. The maximum Gasteiger partial charge on any atom is 0.302 e. The molecule has 0 aliphatic carbocycles. The SMILES string of the molecule is CC(=O)O[C@@H](C)[C@@H](CC(=O)CN1CC2(CCCN2C(=O)c2ncn(Cc3ccccc3)c2C)C1=O)C(N)=O. The average Bonchev–Trinajstić information content (AvgIpc) is 3.47. The van der Waals surface area contributed by atoms with Crippen LogP contribution in [0.25, 0.3) is 0 Å². The number of ketones is 1. The van der Waals surface area contributed by atoms with E-state index in [1.807, 2.05) is 41.8 Å². The van der Waals surface area contributed by atoms with Gasteiger partial charge in [-0.05, 0) is 32.3 Å². The molecule has 4 rings (SSSR count). The molecular weight excluding hydrogens is 490 g/mol. The number of likely N-dealkylation sites (tertiary alicyclic amines) is 2. The number of hydrogen-bond donors (Lipinski definition) is 1. The molecule has 2 saturated heterocycles. The molecule has 0 bridgehead atoms. The number of rotatable bonds is 10. The lowest BCUT2D eigenvalue weighted by atomic mass is 9.84. The Hall–Kier alpha value is -4.02. The zero-order valence-electron chi connectivity index (χ0n) is 21.9. The Morgan fingerprint density at radius 2 is 1.89 bits per heavy atom. The Morgan fingerprint density at radius 1 is 1.18 bits per heavy atom. The molecule has 1 aromatic heterocycles. The summed E-state index contributed by atoms with van der Waals surface area (Å²) in [7, 11) is 0. The van der Waals surface area contributed by atoms with Crippen LogP contribution in [0.4, 0.5) is 0 Å². The molecule has 0 radical (unpaired) electrons. The summed E-state index contributed by atoms with van der Waals surface area (Å²) in [6, 6.07) is 9.85. The van der Waals surface area contributed by atoms with Crippen molar-refractivity contribution in [1.82, 2.24) is 19.4 Å². The highest BCUT2D eigenvalue weighted by molar-refractivity contribution is 6.03. The summed E-state index contributed by atoms with van der Waals surface area (Å²) in [5, 5.41) is 0. The summed E-state index contributed by atoms with van der Waals surface area (Å²) < 4.78 is 6.93. The first kappa shape index (κ1) is 27.0. The van der Waals surface area contributed by atoms with Crippen LogP contribution in [0.3, 0.4) is 0 Å². The normalized spacial score (nSPS) is 20.2. The van der Waals surface area contributed by atoms with Gasteiger partial charge in [0.15, 0.2) is 5.78 Å². The molecule has 0 saturated carbocycles. The third-order valence-corrected chi connectivity index (χ3v) is 7.47. The van der Waals surface area contributed by atoms with E-state index >= 15 is 0 Å². The van der Waals surface area contributed by atoms with Crippen LogP contribution >= 0.6 is 0 Å². The minimum Gasteiger partial charge on any atom is -0.462 e. The van der Waals surface area contributed by atoms with Gasteiger partial charge in [0, 0.05) is 32.1 Å². The molecular formula is C27H33N5O6. The second kappa shape index (κ2) is 10.8. The number of β-lactam (4-membered cyclic amide) rings is 1. The van der Waals surface area contributed by atoms with Gasteiger partial charge in [0.2, 0.25) is 5.91 Å². The largest absolute Gasteiger partial charge is 0.462 e. The standard InChI is InChI=1S/C27H33N5O6/c1-17-23(29-16-31(17)13-20-8-5-4-6-9-20)25(36)32-11-7-10-27(32)15-30(26(27)37)14-21(34)12-22(24(28)35)18(2)38-19(3)33/h4-6,8-9,16,18,22H,7,10-15H2,1-3H3,(H2,28,35)/t18-,22+,27?/m0/s1. The van der Waals surface area contributed by atoms with E-state index in [0.717, 1.165) is 11.3 Å². The number of amides is 3. The molecule has 3 atom stereocenters. The molecule has 11 nitrogen and oxygen atoms in total. The van der Waals surface area contributed by atoms with E-state index in [4.69, 9.17) is 10.5 Å². The summed E-state index contributed by atoms with van der Waals surface area (Å²) in [4.78, 5) is 69.9. The minimum atomic E-state index is -0.990. The molecule has 1 unspecified atom stereocenters. The zero-order valence-corrected chi connectivity index (χ0v) is 21.9. The van der Waals surface area contributed by atoms with Crippen LogP contribution in [0.2, 0.25) is 0 Å². The first-order valence-electron chi connectivity index (χ1n) is 12.7. The van der Waals surface area contributed by atoms with Gasteiger partial charge in [0.05, 0.1) is 25.3 Å². The van der Waals surface area contributed by atoms with Crippen LogP contribution in [0.5, 0.6) is 0 Å². The number of nitrogens with two attached hydrogens (primary N) is 1. The highest BCUT2D eigenvalue weighted by Gasteiger charge is 2.60. The second-order valence-corrected chi connectivity index (χ2v) is 10.1. The Balaban J connectivity index is 1.40. The van der Waals surface area contributed by atoms with Crippen molar-refractivity contribution in [3.8, 4) is 0 Å². The fraction of sp³-hybridized carbons (Fsp3) is 0.481. The summed E-state index contributed by atoms with van der Waals surface area (Å²) in [6.45, 7) is 5.58. The number of nitrogens with zero attached hydrogens (tertiary/aromatic N) is 4. The van der Waals surface area contributed by atoms with E-state index in [2.05, 4.69) is 4.98 Å². The van der Waals surface area contributed by atoms with Crippen molar-refractivity contribution < 1.29 is 28.7 Å². The van der Waals surface area contributed by atoms with Crippen molar-refractivity contribution in [2.24, 2.45) is 11.7 Å². The van der Waals surface area contributed by atoms with E-state index in [0.29, 0.717) is 31.6 Å². The first-order chi connectivity index (χ1) is 18.0. The Morgan fingerprint density at radius 3 is 2.53 bits per heavy atom. The summed E-state index contributed by atoms with van der Waals surface area (Å²) >= 11 is 0. The summed E-state index contributed by atoms with van der Waals surface area (Å²) in [6.07, 6.45) is 1.71. The molecule has 38 heavy (non-hydrogen) atoms. The number of hydrogen-bond acceptors (Lipinski definition) is 7. The molecule has 2 N–H and O–H groups in total. The smallest absolute Gasteiger partial charge is 0.302 e. The predicted octanol–water partition coefficient (Wildman–Crippen LogP) is 1.07. The first-order valence-corrected chi connectivity index (χ1v) is 12.7. The van der Waals surface area contributed by atoms with Crippen molar-refractivity contribution in [2.75, 3.05) is 19.6 Å². The number of carbonyl (C=O) groups is 5. The van der Waals surface area contributed by atoms with E-state index in [9.17, 15) is 24.0 Å². The van der Waals surface area contributed by atoms with Gasteiger partial charge in [-0.2, -0.15) is 0 Å². The number of imidazole rings is 1. The fourth-order valence-electron chi connectivity index (χ4n) is 5.43. The van der Waals surface area contributed by atoms with E-state index in [1.54, 1.807) is 11.2 Å². The van der Waals surface area contributed by atoms with Crippen LogP contribution in [0.15, 0.2) is 36.7 Å². The van der Waals surface area contributed by atoms with Gasteiger partial charge in [-0.15, -0.1) is 0 Å². The van der Waals surface area contributed by atoms with Crippen molar-refractivity contribution in [3.63, 3.8) is 0 Å². The summed E-state index contributed by atoms with van der Waals surface area (Å²) in [5.41, 5.74) is 6.54. The molecule has 3 amide bonds. The van der Waals surface area contributed by atoms with Crippen LogP contribution < -0.4 is 5.73 Å². The molecule has 2 aromatic rings. The van der Waals surface area contributed by atoms with E-state index in [-0.39, 0.29) is 37.1 Å². The number of carbonyl (C=O) groups excluding carboxylic acids is 5. The predicted molar refractivity (Wildman–Crippen MR) is 136 cm³/mol. The molecule has 202 valence electrons. The fourth-order valence-corrected chi connectivity index (χ4v) is 5.43. The molecule has 11 heteroatoms. The molecule has 3 heterocycles. The van der Waals surface area contributed by atoms with Gasteiger partial charge in [-0.25, -0.2) is 4.98 Å². The van der Waals surface area contributed by atoms with Gasteiger partial charge in [-0.1, -0.05) is 30.3 Å². The number of Topliss-reactive ketones (excluding diaryl/α,β-unsaturated/α-hetero) is 1. The third-order valence-electron chi connectivity index (χ3n) is 7.47. The quantitative estimate of drug-likeness (QED) is 0.362. The van der Waals surface area contributed by atoms with Gasteiger partial charge in [0.25, 0.3) is 11.8 Å². The van der Waals surface area contributed by atoms with Crippen molar-refractivity contribution >= 4 is 29.5 Å². The maximum absolute atomic E-state index is 13.5. The molecule has 2 fully saturated rings. The highest BCUT2D eigenvalue weighted by atomic mass is 16.5. The average molecular weight is 524 g/mol. The molecule has 2 aliphatic heterocycles. The van der Waals surface area contributed by atoms with Gasteiger partial charge < -0.3 is 24.8 Å². The monoisotopic (exact) mass is 523 g/mol. The lowest BCUT2D eigenvalue weighted by Gasteiger charge is -2.50. The van der Waals surface area contributed by atoms with Crippen LogP contribution in [0.1, 0.15) is 54.9 Å².